The van der Waals surface area contributed by atoms with E-state index >= 15 is 0 Å². The number of aromatic nitrogens is 1. The Morgan fingerprint density at radius 1 is 1.13 bits per heavy atom. The molecule has 0 unspecified atom stereocenters. The molecule has 0 fully saturated rings. The Bertz CT molecular complexity index is 507. The first-order valence-electron chi connectivity index (χ1n) is 4.09. The standard InChI is InChI=1S/C10H5BrF3N/c11-8-3-6-1-2-7(10(12,13)14)4-9(6)15-5-8/h1-5H. The van der Waals surface area contributed by atoms with Gasteiger partial charge in [0, 0.05) is 16.1 Å². The molecule has 15 heavy (non-hydrogen) atoms. The molecular weight excluding hydrogens is 271 g/mol. The van der Waals surface area contributed by atoms with Crippen LogP contribution >= 0.6 is 15.9 Å². The Labute approximate surface area is 92.1 Å². The van der Waals surface area contributed by atoms with Crippen molar-refractivity contribution in [3.05, 3.63) is 40.5 Å². The number of rotatable bonds is 0. The van der Waals surface area contributed by atoms with Gasteiger partial charge in [0.2, 0.25) is 0 Å². The minimum atomic E-state index is -4.32. The van der Waals surface area contributed by atoms with E-state index in [0.29, 0.717) is 10.9 Å². The zero-order valence-corrected chi connectivity index (χ0v) is 8.93. The van der Waals surface area contributed by atoms with Crippen molar-refractivity contribution in [2.24, 2.45) is 0 Å². The third-order valence-corrected chi connectivity index (χ3v) is 2.41. The smallest absolute Gasteiger partial charge is 0.255 e. The summed E-state index contributed by atoms with van der Waals surface area (Å²) in [6.07, 6.45) is -2.84. The summed E-state index contributed by atoms with van der Waals surface area (Å²) in [6, 6.07) is 5.23. The number of benzene rings is 1. The number of hydrogen-bond acceptors (Lipinski definition) is 1. The largest absolute Gasteiger partial charge is 0.416 e. The van der Waals surface area contributed by atoms with Gasteiger partial charge in [-0.2, -0.15) is 13.2 Å². The molecule has 1 nitrogen and oxygen atoms in total. The van der Waals surface area contributed by atoms with Gasteiger partial charge in [0.1, 0.15) is 0 Å². The van der Waals surface area contributed by atoms with Crippen molar-refractivity contribution in [1.82, 2.24) is 4.98 Å². The molecule has 0 aliphatic heterocycles. The van der Waals surface area contributed by atoms with E-state index in [1.54, 1.807) is 6.07 Å². The molecule has 0 N–H and O–H groups in total. The lowest BCUT2D eigenvalue weighted by Gasteiger charge is -2.07. The van der Waals surface area contributed by atoms with Crippen LogP contribution in [0.3, 0.4) is 0 Å². The summed E-state index contributed by atoms with van der Waals surface area (Å²) in [5.74, 6) is 0. The van der Waals surface area contributed by atoms with Gasteiger partial charge < -0.3 is 0 Å². The van der Waals surface area contributed by atoms with Crippen LogP contribution in [0.5, 0.6) is 0 Å². The Morgan fingerprint density at radius 2 is 1.87 bits per heavy atom. The highest BCUT2D eigenvalue weighted by molar-refractivity contribution is 9.10. The highest BCUT2D eigenvalue weighted by Crippen LogP contribution is 2.31. The van der Waals surface area contributed by atoms with Gasteiger partial charge in [0.25, 0.3) is 0 Å². The molecule has 0 aliphatic rings. The van der Waals surface area contributed by atoms with Gasteiger partial charge in [-0.3, -0.25) is 4.98 Å². The summed E-state index contributed by atoms with van der Waals surface area (Å²) in [5.41, 5.74) is -0.335. The minimum Gasteiger partial charge on any atom is -0.255 e. The van der Waals surface area contributed by atoms with E-state index in [-0.39, 0.29) is 0 Å². The number of alkyl halides is 3. The van der Waals surface area contributed by atoms with Gasteiger partial charge >= 0.3 is 6.18 Å². The predicted octanol–water partition coefficient (Wildman–Crippen LogP) is 4.02. The van der Waals surface area contributed by atoms with E-state index < -0.39 is 11.7 Å². The topological polar surface area (TPSA) is 12.9 Å². The van der Waals surface area contributed by atoms with Crippen LogP contribution < -0.4 is 0 Å². The second kappa shape index (κ2) is 3.48. The molecule has 0 amide bonds. The van der Waals surface area contributed by atoms with Gasteiger partial charge in [-0.15, -0.1) is 0 Å². The maximum Gasteiger partial charge on any atom is 0.416 e. The molecular formula is C10H5BrF3N. The van der Waals surface area contributed by atoms with Gasteiger partial charge in [0.05, 0.1) is 11.1 Å². The van der Waals surface area contributed by atoms with Crippen LogP contribution in [-0.2, 0) is 6.18 Å². The minimum absolute atomic E-state index is 0.341. The molecule has 1 aromatic carbocycles. The number of pyridine rings is 1. The van der Waals surface area contributed by atoms with Crippen molar-refractivity contribution < 1.29 is 13.2 Å². The Balaban J connectivity index is 2.62. The lowest BCUT2D eigenvalue weighted by atomic mass is 10.1. The van der Waals surface area contributed by atoms with Crippen molar-refractivity contribution in [2.45, 2.75) is 6.18 Å². The number of nitrogens with zero attached hydrogens (tertiary/aromatic N) is 1. The first-order chi connectivity index (χ1) is 6.97. The molecule has 78 valence electrons. The highest BCUT2D eigenvalue weighted by Gasteiger charge is 2.30. The van der Waals surface area contributed by atoms with Crippen LogP contribution in [0.4, 0.5) is 13.2 Å². The van der Waals surface area contributed by atoms with Crippen molar-refractivity contribution >= 4 is 26.8 Å². The van der Waals surface area contributed by atoms with E-state index in [4.69, 9.17) is 0 Å². The van der Waals surface area contributed by atoms with Crippen molar-refractivity contribution in [1.29, 1.82) is 0 Å². The molecule has 1 aromatic heterocycles. The first-order valence-corrected chi connectivity index (χ1v) is 4.88. The SMILES string of the molecule is FC(F)(F)c1ccc2cc(Br)cnc2c1. The van der Waals surface area contributed by atoms with E-state index in [9.17, 15) is 13.2 Å². The van der Waals surface area contributed by atoms with Gasteiger partial charge in [-0.25, -0.2) is 0 Å². The third-order valence-electron chi connectivity index (χ3n) is 1.98. The molecule has 2 aromatic rings. The zero-order valence-electron chi connectivity index (χ0n) is 7.35. The first kappa shape index (κ1) is 10.4. The average molecular weight is 276 g/mol. The normalized spacial score (nSPS) is 12.0. The van der Waals surface area contributed by atoms with Crippen LogP contribution in [0, 0.1) is 0 Å². The Hall–Kier alpha value is -1.10. The van der Waals surface area contributed by atoms with Crippen LogP contribution in [0.2, 0.25) is 0 Å². The van der Waals surface area contributed by atoms with Crippen molar-refractivity contribution in [2.75, 3.05) is 0 Å². The fraction of sp³-hybridized carbons (Fsp3) is 0.100. The second-order valence-corrected chi connectivity index (χ2v) is 3.97. The molecule has 1 heterocycles. The van der Waals surface area contributed by atoms with Crippen LogP contribution in [0.15, 0.2) is 34.9 Å². The van der Waals surface area contributed by atoms with E-state index in [2.05, 4.69) is 20.9 Å². The summed E-state index contributed by atoms with van der Waals surface area (Å²) >= 11 is 3.21. The van der Waals surface area contributed by atoms with Crippen LogP contribution in [0.25, 0.3) is 10.9 Å². The molecule has 5 heteroatoms. The number of halogens is 4. The summed E-state index contributed by atoms with van der Waals surface area (Å²) in [7, 11) is 0. The second-order valence-electron chi connectivity index (χ2n) is 3.06. The Kier molecular flexibility index (Phi) is 2.42. The van der Waals surface area contributed by atoms with E-state index in [1.807, 2.05) is 0 Å². The van der Waals surface area contributed by atoms with Gasteiger partial charge in [-0.1, -0.05) is 6.07 Å². The lowest BCUT2D eigenvalue weighted by molar-refractivity contribution is -0.137. The molecule has 0 saturated carbocycles. The van der Waals surface area contributed by atoms with Crippen molar-refractivity contribution in [3.8, 4) is 0 Å². The summed E-state index contributed by atoms with van der Waals surface area (Å²) in [6.45, 7) is 0. The van der Waals surface area contributed by atoms with E-state index in [1.165, 1.54) is 12.3 Å². The molecule has 0 saturated heterocycles. The summed E-state index contributed by atoms with van der Waals surface area (Å²) < 4.78 is 37.8. The van der Waals surface area contributed by atoms with Crippen molar-refractivity contribution in [3.63, 3.8) is 0 Å². The highest BCUT2D eigenvalue weighted by atomic mass is 79.9. The van der Waals surface area contributed by atoms with Gasteiger partial charge in [-0.05, 0) is 34.1 Å². The fourth-order valence-corrected chi connectivity index (χ4v) is 1.62. The maximum atomic E-state index is 12.4. The molecule has 0 radical (unpaired) electrons. The van der Waals surface area contributed by atoms with Gasteiger partial charge in [0.15, 0.2) is 0 Å². The zero-order chi connectivity index (χ0) is 11.1. The number of hydrogen-bond donors (Lipinski definition) is 0. The Morgan fingerprint density at radius 3 is 2.53 bits per heavy atom. The summed E-state index contributed by atoms with van der Waals surface area (Å²) in [4.78, 5) is 3.91. The summed E-state index contributed by atoms with van der Waals surface area (Å²) in [5, 5.41) is 0.678. The lowest BCUT2D eigenvalue weighted by Crippen LogP contribution is -2.04. The molecule has 0 spiro atoms. The molecule has 0 aliphatic carbocycles. The van der Waals surface area contributed by atoms with Crippen LogP contribution in [0.1, 0.15) is 5.56 Å². The predicted molar refractivity (Wildman–Crippen MR) is 54.4 cm³/mol. The monoisotopic (exact) mass is 275 g/mol. The average Bonchev–Trinajstić information content (AvgIpc) is 2.15. The molecule has 0 atom stereocenters. The number of fused-ring (bicyclic) bond motifs is 1. The molecule has 2 rings (SSSR count). The quantitative estimate of drug-likeness (QED) is 0.708. The fourth-order valence-electron chi connectivity index (χ4n) is 1.27. The van der Waals surface area contributed by atoms with E-state index in [0.717, 1.165) is 16.6 Å². The third kappa shape index (κ3) is 2.12. The maximum absolute atomic E-state index is 12.4. The van der Waals surface area contributed by atoms with Crippen LogP contribution in [-0.4, -0.2) is 4.98 Å². The molecule has 0 bridgehead atoms.